The van der Waals surface area contributed by atoms with Crippen LogP contribution in [0, 0.1) is 0 Å². The largest absolute Gasteiger partial charge is 0.496 e. The van der Waals surface area contributed by atoms with E-state index in [9.17, 15) is 0 Å². The Morgan fingerprint density at radius 1 is 1.07 bits per heavy atom. The van der Waals surface area contributed by atoms with Crippen molar-refractivity contribution in [2.75, 3.05) is 7.11 Å². The van der Waals surface area contributed by atoms with Crippen LogP contribution in [0.1, 0.15) is 6.92 Å². The number of hydrogen-bond acceptors (Lipinski definition) is 2. The fourth-order valence-corrected chi connectivity index (χ4v) is 1.37. The Hall–Kier alpha value is -1.83. The van der Waals surface area contributed by atoms with Gasteiger partial charge in [0.2, 0.25) is 0 Å². The number of ether oxygens (including phenoxy) is 1. The Morgan fingerprint density at radius 2 is 1.67 bits per heavy atom. The molecule has 0 bridgehead atoms. The molecule has 0 radical (unpaired) electrons. The monoisotopic (exact) mass is 202 g/mol. The van der Waals surface area contributed by atoms with Crippen LogP contribution in [0.25, 0.3) is 10.8 Å². The normalized spacial score (nSPS) is 8.93. The minimum absolute atomic E-state index is 0.750. The molecular formula is C13H14O2. The van der Waals surface area contributed by atoms with Crippen molar-refractivity contribution in [1.82, 2.24) is 0 Å². The van der Waals surface area contributed by atoms with Crippen molar-refractivity contribution in [3.8, 4) is 5.75 Å². The number of methoxy groups -OCH3 is 1. The van der Waals surface area contributed by atoms with Gasteiger partial charge in [-0.1, -0.05) is 36.4 Å². The highest BCUT2D eigenvalue weighted by molar-refractivity contribution is 5.88. The van der Waals surface area contributed by atoms with Crippen LogP contribution in [0.4, 0.5) is 0 Å². The van der Waals surface area contributed by atoms with Crippen LogP contribution in [0.15, 0.2) is 42.5 Å². The SMILES string of the molecule is CC=O.COc1cccc2ccccc12. The van der Waals surface area contributed by atoms with Crippen LogP contribution in [0.5, 0.6) is 5.75 Å². The van der Waals surface area contributed by atoms with E-state index >= 15 is 0 Å². The van der Waals surface area contributed by atoms with Gasteiger partial charge in [-0.15, -0.1) is 0 Å². The van der Waals surface area contributed by atoms with Gasteiger partial charge in [-0.25, -0.2) is 0 Å². The molecule has 0 saturated heterocycles. The summed E-state index contributed by atoms with van der Waals surface area (Å²) in [5, 5.41) is 2.39. The van der Waals surface area contributed by atoms with Gasteiger partial charge >= 0.3 is 0 Å². The Balaban J connectivity index is 0.000000337. The average Bonchev–Trinajstić information content (AvgIpc) is 2.29. The molecule has 2 aromatic rings. The summed E-state index contributed by atoms with van der Waals surface area (Å²) in [6, 6.07) is 14.2. The standard InChI is InChI=1S/C11H10O.C2H4O/c1-12-11-8-4-6-9-5-2-3-7-10(9)11;1-2-3/h2-8H,1H3;2H,1H3. The Morgan fingerprint density at radius 3 is 2.33 bits per heavy atom. The zero-order chi connectivity index (χ0) is 11.1. The molecule has 0 atom stereocenters. The molecule has 0 unspecified atom stereocenters. The summed E-state index contributed by atoms with van der Waals surface area (Å²) in [6.07, 6.45) is 0.750. The second-order valence-electron chi connectivity index (χ2n) is 2.92. The summed E-state index contributed by atoms with van der Waals surface area (Å²) >= 11 is 0. The van der Waals surface area contributed by atoms with Gasteiger partial charge < -0.3 is 9.53 Å². The molecule has 0 aliphatic heterocycles. The summed E-state index contributed by atoms with van der Waals surface area (Å²) in [7, 11) is 1.70. The van der Waals surface area contributed by atoms with E-state index in [0.717, 1.165) is 12.0 Å². The zero-order valence-electron chi connectivity index (χ0n) is 8.94. The molecule has 0 fully saturated rings. The van der Waals surface area contributed by atoms with E-state index in [2.05, 4.69) is 18.2 Å². The topological polar surface area (TPSA) is 26.3 Å². The Labute approximate surface area is 89.5 Å². The first-order valence-electron chi connectivity index (χ1n) is 4.75. The van der Waals surface area contributed by atoms with Gasteiger partial charge in [0, 0.05) is 5.39 Å². The van der Waals surface area contributed by atoms with Gasteiger partial charge in [0.15, 0.2) is 0 Å². The third kappa shape index (κ3) is 2.81. The number of carbonyl (C=O) groups is 1. The molecule has 0 N–H and O–H groups in total. The highest BCUT2D eigenvalue weighted by Gasteiger charge is 1.96. The van der Waals surface area contributed by atoms with Crippen molar-refractivity contribution >= 4 is 17.1 Å². The summed E-state index contributed by atoms with van der Waals surface area (Å²) < 4.78 is 5.23. The summed E-state index contributed by atoms with van der Waals surface area (Å²) in [5.41, 5.74) is 0. The van der Waals surface area contributed by atoms with Crippen molar-refractivity contribution in [2.24, 2.45) is 0 Å². The van der Waals surface area contributed by atoms with E-state index in [4.69, 9.17) is 9.53 Å². The Bertz CT molecular complexity index is 430. The fourth-order valence-electron chi connectivity index (χ4n) is 1.37. The number of aldehydes is 1. The van der Waals surface area contributed by atoms with E-state index in [1.807, 2.05) is 24.3 Å². The summed E-state index contributed by atoms with van der Waals surface area (Å²) in [5.74, 6) is 0.938. The lowest BCUT2D eigenvalue weighted by molar-refractivity contribution is -0.106. The molecule has 0 amide bonds. The van der Waals surface area contributed by atoms with Gasteiger partial charge in [0.1, 0.15) is 12.0 Å². The highest BCUT2D eigenvalue weighted by Crippen LogP contribution is 2.24. The first-order chi connectivity index (χ1) is 7.33. The van der Waals surface area contributed by atoms with Crippen molar-refractivity contribution in [3.05, 3.63) is 42.5 Å². The van der Waals surface area contributed by atoms with E-state index < -0.39 is 0 Å². The molecule has 78 valence electrons. The van der Waals surface area contributed by atoms with Crippen molar-refractivity contribution < 1.29 is 9.53 Å². The lowest BCUT2D eigenvalue weighted by Gasteiger charge is -2.03. The number of rotatable bonds is 1. The molecule has 2 aromatic carbocycles. The smallest absolute Gasteiger partial charge is 0.126 e. The molecule has 0 heterocycles. The maximum absolute atomic E-state index is 8.81. The van der Waals surface area contributed by atoms with Crippen LogP contribution in [0.2, 0.25) is 0 Å². The minimum Gasteiger partial charge on any atom is -0.496 e. The van der Waals surface area contributed by atoms with Crippen LogP contribution in [-0.2, 0) is 4.79 Å². The van der Waals surface area contributed by atoms with Crippen molar-refractivity contribution in [1.29, 1.82) is 0 Å². The lowest BCUT2D eigenvalue weighted by Crippen LogP contribution is -1.83. The summed E-state index contributed by atoms with van der Waals surface area (Å²) in [4.78, 5) is 8.81. The number of fused-ring (bicyclic) bond motifs is 1. The molecular weight excluding hydrogens is 188 g/mol. The third-order valence-corrected chi connectivity index (χ3v) is 1.97. The second-order valence-corrected chi connectivity index (χ2v) is 2.92. The zero-order valence-corrected chi connectivity index (χ0v) is 8.94. The van der Waals surface area contributed by atoms with Gasteiger partial charge in [-0.05, 0) is 18.4 Å². The first kappa shape index (κ1) is 11.2. The number of carbonyl (C=O) groups excluding carboxylic acids is 1. The van der Waals surface area contributed by atoms with Gasteiger partial charge in [-0.2, -0.15) is 0 Å². The average molecular weight is 202 g/mol. The van der Waals surface area contributed by atoms with Crippen molar-refractivity contribution in [3.63, 3.8) is 0 Å². The van der Waals surface area contributed by atoms with E-state index in [1.54, 1.807) is 7.11 Å². The highest BCUT2D eigenvalue weighted by atomic mass is 16.5. The molecule has 0 saturated carbocycles. The Kier molecular flexibility index (Phi) is 4.35. The molecule has 15 heavy (non-hydrogen) atoms. The molecule has 2 heteroatoms. The quantitative estimate of drug-likeness (QED) is 0.664. The third-order valence-electron chi connectivity index (χ3n) is 1.97. The molecule has 0 aliphatic carbocycles. The number of benzene rings is 2. The lowest BCUT2D eigenvalue weighted by atomic mass is 10.1. The van der Waals surface area contributed by atoms with Gasteiger partial charge in [0.25, 0.3) is 0 Å². The van der Waals surface area contributed by atoms with E-state index in [0.29, 0.717) is 0 Å². The summed E-state index contributed by atoms with van der Waals surface area (Å²) in [6.45, 7) is 1.44. The molecule has 2 rings (SSSR count). The van der Waals surface area contributed by atoms with Crippen LogP contribution < -0.4 is 4.74 Å². The minimum atomic E-state index is 0.750. The van der Waals surface area contributed by atoms with Crippen LogP contribution in [0.3, 0.4) is 0 Å². The van der Waals surface area contributed by atoms with Gasteiger partial charge in [-0.3, -0.25) is 0 Å². The molecule has 0 spiro atoms. The van der Waals surface area contributed by atoms with Crippen molar-refractivity contribution in [2.45, 2.75) is 6.92 Å². The molecule has 0 aromatic heterocycles. The molecule has 0 aliphatic rings. The van der Waals surface area contributed by atoms with Crippen LogP contribution in [-0.4, -0.2) is 13.4 Å². The fraction of sp³-hybridized carbons (Fsp3) is 0.154. The first-order valence-corrected chi connectivity index (χ1v) is 4.75. The van der Waals surface area contributed by atoms with Crippen LogP contribution >= 0.6 is 0 Å². The van der Waals surface area contributed by atoms with Gasteiger partial charge in [0.05, 0.1) is 7.11 Å². The second kappa shape index (κ2) is 5.81. The predicted octanol–water partition coefficient (Wildman–Crippen LogP) is 3.05. The maximum atomic E-state index is 8.81. The van der Waals surface area contributed by atoms with E-state index in [1.165, 1.54) is 17.7 Å². The molecule has 2 nitrogen and oxygen atoms in total. The maximum Gasteiger partial charge on any atom is 0.126 e. The van der Waals surface area contributed by atoms with E-state index in [-0.39, 0.29) is 0 Å². The number of hydrogen-bond donors (Lipinski definition) is 0. The predicted molar refractivity (Wildman–Crippen MR) is 62.2 cm³/mol.